The minimum absolute atomic E-state index is 0.0459. The highest BCUT2D eigenvalue weighted by molar-refractivity contribution is 5.94. The number of hydrogen-bond donors (Lipinski definition) is 2. The van der Waals surface area contributed by atoms with E-state index in [1.54, 1.807) is 23.1 Å². The fourth-order valence-electron chi connectivity index (χ4n) is 3.08. The Morgan fingerprint density at radius 3 is 3.10 bits per heavy atom. The van der Waals surface area contributed by atoms with Crippen LogP contribution in [0.3, 0.4) is 0 Å². The number of benzene rings is 1. The first-order valence-corrected chi connectivity index (χ1v) is 7.04. The summed E-state index contributed by atoms with van der Waals surface area (Å²) in [5.41, 5.74) is 6.77. The van der Waals surface area contributed by atoms with Gasteiger partial charge in [-0.1, -0.05) is 12.1 Å². The summed E-state index contributed by atoms with van der Waals surface area (Å²) < 4.78 is 5.37. The SMILES string of the molecule is NC(Cc1cccc(O)c1)C(=O)N1CCC2OCC(=O)C21. The summed E-state index contributed by atoms with van der Waals surface area (Å²) in [6.07, 6.45) is 0.839. The van der Waals surface area contributed by atoms with Gasteiger partial charge in [-0.2, -0.15) is 0 Å². The van der Waals surface area contributed by atoms with Crippen molar-refractivity contribution in [2.24, 2.45) is 5.73 Å². The van der Waals surface area contributed by atoms with Crippen LogP contribution < -0.4 is 5.73 Å². The molecule has 1 amide bonds. The number of fused-ring (bicyclic) bond motifs is 1. The molecular weight excluding hydrogens is 272 g/mol. The first kappa shape index (κ1) is 14.0. The monoisotopic (exact) mass is 290 g/mol. The number of carbonyl (C=O) groups excluding carboxylic acids is 2. The molecule has 112 valence electrons. The number of ether oxygens (including phenoxy) is 1. The summed E-state index contributed by atoms with van der Waals surface area (Å²) in [5, 5.41) is 9.44. The Labute approximate surface area is 122 Å². The third-order valence-corrected chi connectivity index (χ3v) is 4.08. The molecule has 0 radical (unpaired) electrons. The third kappa shape index (κ3) is 2.64. The molecule has 0 saturated carbocycles. The van der Waals surface area contributed by atoms with Crippen molar-refractivity contribution in [3.63, 3.8) is 0 Å². The minimum atomic E-state index is -0.723. The van der Waals surface area contributed by atoms with Crippen molar-refractivity contribution < 1.29 is 19.4 Å². The van der Waals surface area contributed by atoms with Crippen molar-refractivity contribution in [1.82, 2.24) is 4.90 Å². The second-order valence-electron chi connectivity index (χ2n) is 5.56. The smallest absolute Gasteiger partial charge is 0.240 e. The predicted octanol–water partition coefficient (Wildman–Crippen LogP) is -0.169. The summed E-state index contributed by atoms with van der Waals surface area (Å²) in [5.74, 6) is -0.132. The number of rotatable bonds is 3. The Hall–Kier alpha value is -1.92. The van der Waals surface area contributed by atoms with E-state index in [9.17, 15) is 14.7 Å². The summed E-state index contributed by atoms with van der Waals surface area (Å²) in [6.45, 7) is 0.592. The van der Waals surface area contributed by atoms with Gasteiger partial charge in [-0.25, -0.2) is 0 Å². The van der Waals surface area contributed by atoms with E-state index >= 15 is 0 Å². The number of likely N-dealkylation sites (tertiary alicyclic amines) is 1. The fourth-order valence-corrected chi connectivity index (χ4v) is 3.08. The van der Waals surface area contributed by atoms with Crippen molar-refractivity contribution in [3.8, 4) is 5.75 Å². The molecule has 3 unspecified atom stereocenters. The van der Waals surface area contributed by atoms with Gasteiger partial charge in [0.1, 0.15) is 18.4 Å². The first-order chi connectivity index (χ1) is 10.1. The van der Waals surface area contributed by atoms with Crippen molar-refractivity contribution in [2.75, 3.05) is 13.2 Å². The summed E-state index contributed by atoms with van der Waals surface area (Å²) in [4.78, 5) is 25.8. The molecule has 2 heterocycles. The Morgan fingerprint density at radius 2 is 2.33 bits per heavy atom. The Bertz CT molecular complexity index is 575. The maximum absolute atomic E-state index is 12.5. The van der Waals surface area contributed by atoms with Gasteiger partial charge in [0.25, 0.3) is 0 Å². The van der Waals surface area contributed by atoms with E-state index < -0.39 is 12.1 Å². The number of nitrogens with two attached hydrogens (primary N) is 1. The Balaban J connectivity index is 1.69. The van der Waals surface area contributed by atoms with E-state index in [0.29, 0.717) is 19.4 Å². The third-order valence-electron chi connectivity index (χ3n) is 4.08. The summed E-state index contributed by atoms with van der Waals surface area (Å²) in [7, 11) is 0. The maximum atomic E-state index is 12.5. The van der Waals surface area contributed by atoms with Gasteiger partial charge in [-0.3, -0.25) is 9.59 Å². The van der Waals surface area contributed by atoms with Crippen LogP contribution in [0.25, 0.3) is 0 Å². The number of phenols is 1. The lowest BCUT2D eigenvalue weighted by Crippen LogP contribution is -2.50. The average molecular weight is 290 g/mol. The van der Waals surface area contributed by atoms with E-state index in [1.807, 2.05) is 6.07 Å². The number of nitrogens with zero attached hydrogens (tertiary/aromatic N) is 1. The van der Waals surface area contributed by atoms with Crippen LogP contribution in [0, 0.1) is 0 Å². The van der Waals surface area contributed by atoms with Crippen LogP contribution in [-0.2, 0) is 20.7 Å². The van der Waals surface area contributed by atoms with Crippen LogP contribution in [0.15, 0.2) is 24.3 Å². The molecule has 2 aliphatic rings. The van der Waals surface area contributed by atoms with E-state index in [4.69, 9.17) is 10.5 Å². The van der Waals surface area contributed by atoms with E-state index in [-0.39, 0.29) is 30.2 Å². The number of carbonyl (C=O) groups is 2. The van der Waals surface area contributed by atoms with Crippen LogP contribution in [-0.4, -0.2) is 53.0 Å². The first-order valence-electron chi connectivity index (χ1n) is 7.04. The predicted molar refractivity (Wildman–Crippen MR) is 74.7 cm³/mol. The highest BCUT2D eigenvalue weighted by atomic mass is 16.5. The average Bonchev–Trinajstić information content (AvgIpc) is 3.01. The fraction of sp³-hybridized carbons (Fsp3) is 0.467. The van der Waals surface area contributed by atoms with Gasteiger partial charge in [-0.15, -0.1) is 0 Å². The number of Topliss-reactive ketones (excluding diaryl/α,β-unsaturated/α-hetero) is 1. The van der Waals surface area contributed by atoms with Crippen molar-refractivity contribution in [1.29, 1.82) is 0 Å². The van der Waals surface area contributed by atoms with Crippen LogP contribution in [0.4, 0.5) is 0 Å². The molecule has 3 atom stereocenters. The summed E-state index contributed by atoms with van der Waals surface area (Å²) >= 11 is 0. The number of aromatic hydroxyl groups is 1. The molecule has 3 rings (SSSR count). The van der Waals surface area contributed by atoms with Gasteiger partial charge in [-0.05, 0) is 30.5 Å². The van der Waals surface area contributed by atoms with Gasteiger partial charge in [0.15, 0.2) is 5.78 Å². The number of ketones is 1. The van der Waals surface area contributed by atoms with Gasteiger partial charge >= 0.3 is 0 Å². The molecule has 21 heavy (non-hydrogen) atoms. The largest absolute Gasteiger partial charge is 0.508 e. The lowest BCUT2D eigenvalue weighted by molar-refractivity contribution is -0.137. The Morgan fingerprint density at radius 1 is 1.52 bits per heavy atom. The van der Waals surface area contributed by atoms with Crippen LogP contribution >= 0.6 is 0 Å². The lowest BCUT2D eigenvalue weighted by Gasteiger charge is -2.25. The zero-order valence-corrected chi connectivity index (χ0v) is 11.6. The second-order valence-corrected chi connectivity index (χ2v) is 5.56. The molecule has 0 aliphatic carbocycles. The summed E-state index contributed by atoms with van der Waals surface area (Å²) in [6, 6.07) is 5.48. The van der Waals surface area contributed by atoms with Crippen LogP contribution in [0.2, 0.25) is 0 Å². The Kier molecular flexibility index (Phi) is 3.65. The molecule has 0 spiro atoms. The molecule has 2 aliphatic heterocycles. The van der Waals surface area contributed by atoms with E-state index in [0.717, 1.165) is 5.56 Å². The molecular formula is C15H18N2O4. The van der Waals surface area contributed by atoms with E-state index in [2.05, 4.69) is 0 Å². The highest BCUT2D eigenvalue weighted by Gasteiger charge is 2.47. The normalized spacial score (nSPS) is 26.0. The highest BCUT2D eigenvalue weighted by Crippen LogP contribution is 2.27. The zero-order chi connectivity index (χ0) is 15.0. The maximum Gasteiger partial charge on any atom is 0.240 e. The van der Waals surface area contributed by atoms with Gasteiger partial charge < -0.3 is 20.5 Å². The molecule has 2 fully saturated rings. The van der Waals surface area contributed by atoms with E-state index in [1.165, 1.54) is 0 Å². The number of hydrogen-bond acceptors (Lipinski definition) is 5. The van der Waals surface area contributed by atoms with Crippen molar-refractivity contribution in [2.45, 2.75) is 31.0 Å². The van der Waals surface area contributed by atoms with Gasteiger partial charge in [0.05, 0.1) is 12.1 Å². The molecule has 1 aromatic rings. The topological polar surface area (TPSA) is 92.9 Å². The zero-order valence-electron chi connectivity index (χ0n) is 11.6. The molecule has 6 heteroatoms. The minimum Gasteiger partial charge on any atom is -0.508 e. The molecule has 3 N–H and O–H groups in total. The van der Waals surface area contributed by atoms with Crippen molar-refractivity contribution in [3.05, 3.63) is 29.8 Å². The molecule has 6 nitrogen and oxygen atoms in total. The second kappa shape index (κ2) is 5.46. The van der Waals surface area contributed by atoms with Crippen molar-refractivity contribution >= 4 is 11.7 Å². The molecule has 0 bridgehead atoms. The number of amides is 1. The molecule has 0 aromatic heterocycles. The van der Waals surface area contributed by atoms with Crippen LogP contribution in [0.1, 0.15) is 12.0 Å². The molecule has 1 aromatic carbocycles. The quantitative estimate of drug-likeness (QED) is 0.806. The standard InChI is InChI=1S/C15H18N2O4/c16-11(7-9-2-1-3-10(18)6-9)15(20)17-5-4-13-14(17)12(19)8-21-13/h1-3,6,11,13-14,18H,4-5,7-8,16H2. The van der Waals surface area contributed by atoms with Gasteiger partial charge in [0.2, 0.25) is 5.91 Å². The number of phenolic OH excluding ortho intramolecular Hbond substituents is 1. The lowest BCUT2D eigenvalue weighted by atomic mass is 10.0. The molecule has 2 saturated heterocycles. The van der Waals surface area contributed by atoms with Crippen LogP contribution in [0.5, 0.6) is 5.75 Å². The van der Waals surface area contributed by atoms with Gasteiger partial charge in [0, 0.05) is 6.54 Å².